The number of amides is 1. The Morgan fingerprint density at radius 1 is 0.950 bits per heavy atom. The summed E-state index contributed by atoms with van der Waals surface area (Å²) in [5.74, 6) is 0.0862. The van der Waals surface area contributed by atoms with E-state index >= 15 is 0 Å². The van der Waals surface area contributed by atoms with Gasteiger partial charge in [0, 0.05) is 23.0 Å². The molecule has 204 valence electrons. The molecule has 0 spiro atoms. The number of pyridine rings is 1. The highest BCUT2D eigenvalue weighted by Gasteiger charge is 2.33. The molecule has 2 aromatic heterocycles. The molecule has 6 rings (SSSR count). The molecule has 5 heteroatoms. The molecule has 2 N–H and O–H groups in total. The van der Waals surface area contributed by atoms with Crippen LogP contribution in [0.15, 0.2) is 84.9 Å². The maximum Gasteiger partial charge on any atom is 0.228 e. The van der Waals surface area contributed by atoms with Crippen molar-refractivity contribution in [2.75, 3.05) is 6.61 Å². The summed E-state index contributed by atoms with van der Waals surface area (Å²) in [6.45, 7) is 4.80. The first-order chi connectivity index (χ1) is 19.5. The summed E-state index contributed by atoms with van der Waals surface area (Å²) in [6.07, 6.45) is 4.43. The number of nitrogens with zero attached hydrogens (tertiary/aromatic N) is 2. The van der Waals surface area contributed by atoms with Gasteiger partial charge in [0.05, 0.1) is 24.1 Å². The van der Waals surface area contributed by atoms with Crippen molar-refractivity contribution in [1.29, 1.82) is 0 Å². The van der Waals surface area contributed by atoms with Gasteiger partial charge in [0.2, 0.25) is 5.91 Å². The molecule has 2 atom stereocenters. The van der Waals surface area contributed by atoms with E-state index in [0.29, 0.717) is 12.5 Å². The normalized spacial score (nSPS) is 15.5. The van der Waals surface area contributed by atoms with Crippen molar-refractivity contribution in [2.24, 2.45) is 5.92 Å². The zero-order valence-electron chi connectivity index (χ0n) is 23.3. The van der Waals surface area contributed by atoms with E-state index in [9.17, 15) is 9.90 Å². The second-order valence-corrected chi connectivity index (χ2v) is 11.3. The number of fused-ring (bicyclic) bond motifs is 3. The van der Waals surface area contributed by atoms with Gasteiger partial charge in [-0.1, -0.05) is 85.6 Å². The van der Waals surface area contributed by atoms with Crippen molar-refractivity contribution in [3.8, 4) is 0 Å². The summed E-state index contributed by atoms with van der Waals surface area (Å²) in [7, 11) is 0. The number of rotatable bonds is 8. The molecule has 0 saturated heterocycles. The van der Waals surface area contributed by atoms with E-state index in [0.717, 1.165) is 48.2 Å². The zero-order chi connectivity index (χ0) is 27.6. The van der Waals surface area contributed by atoms with Crippen molar-refractivity contribution >= 4 is 27.8 Å². The number of benzene rings is 3. The standard InChI is InChI=1S/C35H37N3O2/c1-23-20-24(2)36-34-32(23)29-14-8-9-15-31(29)38(34)21-25-16-18-28(19-17-25)33(27-12-6-7-13-27)35(40)37-30(22-39)26-10-4-3-5-11-26/h3-5,8-11,14-20,27,30,33,39H,6-7,12-13,21-22H2,1-2H3,(H,37,40)/t30?,33-/m0/s1. The molecule has 1 amide bonds. The fraction of sp³-hybridized carbons (Fsp3) is 0.314. The van der Waals surface area contributed by atoms with E-state index < -0.39 is 6.04 Å². The number of hydrogen-bond acceptors (Lipinski definition) is 3. The largest absolute Gasteiger partial charge is 0.394 e. The number of aryl methyl sites for hydroxylation is 2. The second-order valence-electron chi connectivity index (χ2n) is 11.3. The smallest absolute Gasteiger partial charge is 0.228 e. The lowest BCUT2D eigenvalue weighted by Gasteiger charge is -2.26. The molecule has 1 unspecified atom stereocenters. The zero-order valence-corrected chi connectivity index (χ0v) is 23.3. The summed E-state index contributed by atoms with van der Waals surface area (Å²) in [6, 6.07) is 28.6. The maximum absolute atomic E-state index is 13.7. The average Bonchev–Trinajstić information content (AvgIpc) is 3.60. The second kappa shape index (κ2) is 11.3. The van der Waals surface area contributed by atoms with Gasteiger partial charge in [-0.25, -0.2) is 4.98 Å². The van der Waals surface area contributed by atoms with E-state index in [4.69, 9.17) is 4.98 Å². The highest BCUT2D eigenvalue weighted by molar-refractivity contribution is 6.08. The minimum atomic E-state index is -0.411. The first-order valence-electron chi connectivity index (χ1n) is 14.4. The molecule has 3 aromatic carbocycles. The Balaban J connectivity index is 1.30. The van der Waals surface area contributed by atoms with Crippen molar-refractivity contribution in [1.82, 2.24) is 14.9 Å². The molecule has 0 radical (unpaired) electrons. The van der Waals surface area contributed by atoms with Gasteiger partial charge < -0.3 is 15.0 Å². The lowest BCUT2D eigenvalue weighted by Crippen LogP contribution is -2.37. The van der Waals surface area contributed by atoms with Crippen LogP contribution in [0.25, 0.3) is 21.9 Å². The Labute approximate surface area is 235 Å². The van der Waals surface area contributed by atoms with E-state index in [1.54, 1.807) is 0 Å². The molecule has 40 heavy (non-hydrogen) atoms. The van der Waals surface area contributed by atoms with Crippen molar-refractivity contribution in [2.45, 2.75) is 58.0 Å². The Morgan fingerprint density at radius 2 is 1.65 bits per heavy atom. The summed E-state index contributed by atoms with van der Waals surface area (Å²) in [4.78, 5) is 18.7. The fourth-order valence-electron chi connectivity index (χ4n) is 6.66. The maximum atomic E-state index is 13.7. The number of nitrogens with one attached hydrogen (secondary N) is 1. The number of hydrogen-bond donors (Lipinski definition) is 2. The number of aliphatic hydroxyl groups is 1. The topological polar surface area (TPSA) is 67.2 Å². The van der Waals surface area contributed by atoms with E-state index in [1.807, 2.05) is 30.3 Å². The summed E-state index contributed by atoms with van der Waals surface area (Å²) in [5, 5.41) is 15.7. The quantitative estimate of drug-likeness (QED) is 0.227. The number of aromatic nitrogens is 2. The van der Waals surface area contributed by atoms with Gasteiger partial charge in [0.1, 0.15) is 5.65 Å². The monoisotopic (exact) mass is 531 g/mol. The van der Waals surface area contributed by atoms with Crippen LogP contribution in [0.2, 0.25) is 0 Å². The minimum absolute atomic E-state index is 0.0000936. The van der Waals surface area contributed by atoms with Crippen LogP contribution in [-0.4, -0.2) is 27.2 Å². The van der Waals surface area contributed by atoms with E-state index in [2.05, 4.69) is 78.3 Å². The molecule has 0 aliphatic heterocycles. The Kier molecular flexibility index (Phi) is 7.40. The third-order valence-corrected chi connectivity index (χ3v) is 8.58. The van der Waals surface area contributed by atoms with Crippen molar-refractivity contribution in [3.63, 3.8) is 0 Å². The van der Waals surface area contributed by atoms with Gasteiger partial charge in [-0.15, -0.1) is 0 Å². The summed E-state index contributed by atoms with van der Waals surface area (Å²) < 4.78 is 2.31. The highest BCUT2D eigenvalue weighted by Crippen LogP contribution is 2.38. The van der Waals surface area contributed by atoms with E-state index in [1.165, 1.54) is 27.4 Å². The van der Waals surface area contributed by atoms with Crippen LogP contribution in [0.4, 0.5) is 0 Å². The third-order valence-electron chi connectivity index (χ3n) is 8.58. The molecule has 5 nitrogen and oxygen atoms in total. The fourth-order valence-corrected chi connectivity index (χ4v) is 6.66. The van der Waals surface area contributed by atoms with Crippen molar-refractivity contribution in [3.05, 3.63) is 113 Å². The Bertz CT molecular complexity index is 1630. The SMILES string of the molecule is Cc1cc(C)c2c3ccccc3n(Cc3ccc([C@@H](C(=O)NC(CO)c4ccccc4)C4CCCC4)cc3)c2n1. The molecule has 1 fully saturated rings. The molecule has 1 aliphatic rings. The first-order valence-corrected chi connectivity index (χ1v) is 14.4. The number of carbonyl (C=O) groups excluding carboxylic acids is 1. The van der Waals surface area contributed by atoms with Gasteiger partial charge in [-0.05, 0) is 67.0 Å². The Hall–Kier alpha value is -3.96. The number of para-hydroxylation sites is 1. The van der Waals surface area contributed by atoms with Crippen LogP contribution in [-0.2, 0) is 11.3 Å². The van der Waals surface area contributed by atoms with Crippen LogP contribution >= 0.6 is 0 Å². The predicted octanol–water partition coefficient (Wildman–Crippen LogP) is 6.98. The van der Waals surface area contributed by atoms with Crippen LogP contribution in [0.3, 0.4) is 0 Å². The van der Waals surface area contributed by atoms with Gasteiger partial charge >= 0.3 is 0 Å². The van der Waals surface area contributed by atoms with Crippen LogP contribution in [0.1, 0.15) is 65.6 Å². The molecule has 0 bridgehead atoms. The average molecular weight is 532 g/mol. The lowest BCUT2D eigenvalue weighted by atomic mass is 9.83. The predicted molar refractivity (Wildman–Crippen MR) is 161 cm³/mol. The lowest BCUT2D eigenvalue weighted by molar-refractivity contribution is -0.124. The first kappa shape index (κ1) is 26.3. The molecule has 5 aromatic rings. The Morgan fingerprint density at radius 3 is 2.38 bits per heavy atom. The molecular formula is C35H37N3O2. The number of carbonyl (C=O) groups is 1. The van der Waals surface area contributed by atoms with Crippen LogP contribution in [0.5, 0.6) is 0 Å². The van der Waals surface area contributed by atoms with Gasteiger partial charge in [-0.2, -0.15) is 0 Å². The van der Waals surface area contributed by atoms with Gasteiger partial charge in [-0.3, -0.25) is 4.79 Å². The van der Waals surface area contributed by atoms with Crippen molar-refractivity contribution < 1.29 is 9.90 Å². The van der Waals surface area contributed by atoms with E-state index in [-0.39, 0.29) is 18.4 Å². The molecule has 2 heterocycles. The van der Waals surface area contributed by atoms with Crippen LogP contribution < -0.4 is 5.32 Å². The highest BCUT2D eigenvalue weighted by atomic mass is 16.3. The molecular weight excluding hydrogens is 494 g/mol. The van der Waals surface area contributed by atoms with Gasteiger partial charge in [0.15, 0.2) is 0 Å². The summed E-state index contributed by atoms with van der Waals surface area (Å²) >= 11 is 0. The molecule has 1 saturated carbocycles. The third kappa shape index (κ3) is 5.02. The van der Waals surface area contributed by atoms with Crippen LogP contribution in [0, 0.1) is 19.8 Å². The minimum Gasteiger partial charge on any atom is -0.394 e. The molecule has 1 aliphatic carbocycles. The number of aliphatic hydroxyl groups excluding tert-OH is 1. The van der Waals surface area contributed by atoms with Gasteiger partial charge in [0.25, 0.3) is 0 Å². The summed E-state index contributed by atoms with van der Waals surface area (Å²) in [5.41, 5.74) is 7.61.